The molecule has 6 atom stereocenters. The molecular weight excluding hydrogens is 807 g/mol. The second kappa shape index (κ2) is 18.9. The van der Waals surface area contributed by atoms with E-state index in [1.54, 1.807) is 43.4 Å². The predicted octanol–water partition coefficient (Wildman–Crippen LogP) is 8.65. The molecule has 14 heteroatoms. The number of anilines is 1. The molecule has 0 aliphatic carbocycles. The van der Waals surface area contributed by atoms with Crippen molar-refractivity contribution in [3.8, 4) is 17.2 Å². The first-order valence-corrected chi connectivity index (χ1v) is 21.8. The molecule has 3 aromatic carbocycles. The van der Waals surface area contributed by atoms with Crippen molar-refractivity contribution >= 4 is 56.3 Å². The molecule has 0 saturated heterocycles. The molecule has 1 amide bonds. The van der Waals surface area contributed by atoms with Crippen molar-refractivity contribution in [1.29, 1.82) is 0 Å². The molecule has 3 aliphatic rings. The molecule has 5 bridgehead atoms. The lowest BCUT2D eigenvalue weighted by atomic mass is 9.87. The van der Waals surface area contributed by atoms with Crippen LogP contribution >= 0.6 is 0 Å². The van der Waals surface area contributed by atoms with E-state index in [0.29, 0.717) is 55.8 Å². The number of amides is 1. The van der Waals surface area contributed by atoms with Gasteiger partial charge < -0.3 is 38.9 Å². The normalized spacial score (nSPS) is 25.6. The van der Waals surface area contributed by atoms with Gasteiger partial charge in [-0.15, -0.1) is 0 Å². The van der Waals surface area contributed by atoms with Crippen LogP contribution in [-0.4, -0.2) is 81.0 Å². The lowest BCUT2D eigenvalue weighted by molar-refractivity contribution is -0.157. The maximum absolute atomic E-state index is 14.6. The summed E-state index contributed by atoms with van der Waals surface area (Å²) >= 11 is 0. The number of nitrogens with one attached hydrogen (secondary N) is 1. The highest BCUT2D eigenvalue weighted by Gasteiger charge is 2.49. The molecule has 63 heavy (non-hydrogen) atoms. The number of benzene rings is 3. The minimum Gasteiger partial charge on any atom is -0.505 e. The van der Waals surface area contributed by atoms with E-state index in [0.717, 1.165) is 0 Å². The fraction of sp³-hybridized carbons (Fsp3) is 0.490. The summed E-state index contributed by atoms with van der Waals surface area (Å²) in [7, 11) is 0. The molecule has 4 aromatic rings. The number of esters is 1. The smallest absolute Gasteiger partial charge is 0.312 e. The topological polar surface area (TPSA) is 187 Å². The van der Waals surface area contributed by atoms with Crippen molar-refractivity contribution in [1.82, 2.24) is 9.88 Å². The van der Waals surface area contributed by atoms with E-state index < -0.39 is 46.8 Å². The molecule has 338 valence electrons. The van der Waals surface area contributed by atoms with E-state index in [1.165, 1.54) is 27.0 Å². The number of ether oxygens (including phenoxy) is 4. The summed E-state index contributed by atoms with van der Waals surface area (Å²) < 4.78 is 30.5. The van der Waals surface area contributed by atoms with Crippen molar-refractivity contribution in [3.63, 3.8) is 0 Å². The Morgan fingerprint density at radius 3 is 2.46 bits per heavy atom. The second-order valence-corrected chi connectivity index (χ2v) is 17.9. The summed E-state index contributed by atoms with van der Waals surface area (Å²) in [5.74, 6) is -4.09. The highest BCUT2D eigenvalue weighted by atomic mass is 16.7. The van der Waals surface area contributed by atoms with Gasteiger partial charge in [0.1, 0.15) is 40.9 Å². The zero-order valence-corrected chi connectivity index (χ0v) is 38.2. The number of nitrogens with zero attached hydrogens (tertiary/aromatic N) is 2. The average molecular weight is 868 g/mol. The molecular formula is C49H61N3O11. The zero-order chi connectivity index (χ0) is 46.1. The second-order valence-electron chi connectivity index (χ2n) is 17.9. The number of aliphatic hydroxyl groups is 1. The van der Waals surface area contributed by atoms with Crippen LogP contribution in [0.2, 0.25) is 0 Å². The minimum atomic E-state index is -1.95. The summed E-state index contributed by atoms with van der Waals surface area (Å²) in [6.45, 7) is 21.3. The van der Waals surface area contributed by atoms with E-state index in [4.69, 9.17) is 28.3 Å². The maximum atomic E-state index is 14.6. The Hall–Kier alpha value is -5.73. The Bertz CT molecular complexity index is 2570. The molecule has 0 spiro atoms. The van der Waals surface area contributed by atoms with Crippen LogP contribution in [0.5, 0.6) is 17.2 Å². The number of aromatic hydroxyl groups is 1. The summed E-state index contributed by atoms with van der Waals surface area (Å²) in [6.07, 6.45) is 7.95. The van der Waals surface area contributed by atoms with Crippen LogP contribution in [0.3, 0.4) is 0 Å². The van der Waals surface area contributed by atoms with E-state index in [9.17, 15) is 29.4 Å². The lowest BCUT2D eigenvalue weighted by Crippen LogP contribution is -2.39. The third kappa shape index (κ3) is 9.77. The summed E-state index contributed by atoms with van der Waals surface area (Å²) in [5.41, 5.74) is -0.0495. The Labute approximate surface area is 367 Å². The Morgan fingerprint density at radius 1 is 1.06 bits per heavy atom. The van der Waals surface area contributed by atoms with Crippen LogP contribution in [0.1, 0.15) is 104 Å². The molecule has 0 radical (unpaired) electrons. The Balaban J connectivity index is 1.51. The number of aromatic nitrogens is 1. The third-order valence-electron chi connectivity index (χ3n) is 12.0. The first-order valence-electron chi connectivity index (χ1n) is 21.8. The first kappa shape index (κ1) is 46.8. The highest BCUT2D eigenvalue weighted by Crippen LogP contribution is 2.48. The first-order chi connectivity index (χ1) is 29.7. The quantitative estimate of drug-likeness (QED) is 0.0694. The van der Waals surface area contributed by atoms with Gasteiger partial charge in [-0.25, -0.2) is 4.98 Å². The third-order valence-corrected chi connectivity index (χ3v) is 12.0. The van der Waals surface area contributed by atoms with E-state index in [2.05, 4.69) is 37.9 Å². The number of carbonyl (C=O) groups excluding carboxylic acids is 3. The van der Waals surface area contributed by atoms with E-state index >= 15 is 0 Å². The van der Waals surface area contributed by atoms with Crippen LogP contribution in [-0.2, 0) is 19.1 Å². The molecule has 7 rings (SSSR count). The van der Waals surface area contributed by atoms with Gasteiger partial charge in [0.2, 0.25) is 0 Å². The predicted molar refractivity (Wildman–Crippen MR) is 242 cm³/mol. The molecule has 4 heterocycles. The Morgan fingerprint density at radius 2 is 1.78 bits per heavy atom. The van der Waals surface area contributed by atoms with Crippen molar-refractivity contribution in [3.05, 3.63) is 75.7 Å². The monoisotopic (exact) mass is 867 g/mol. The largest absolute Gasteiger partial charge is 0.505 e. The summed E-state index contributed by atoms with van der Waals surface area (Å²) in [5, 5.41) is 25.9. The van der Waals surface area contributed by atoms with Gasteiger partial charge in [-0.2, -0.15) is 0 Å². The zero-order valence-electron chi connectivity index (χ0n) is 38.2. The SMILES string of the molecule is CC(=O)OC1C(O)C[C@H](C)CC(C)/C=C/C=C(/C)C(=O)Nc2c(O)c3c(=O)c(C)c4c(c3c3nc5ccc(OCCN(C(C)C)C(C)C)cc5oc23)C(=O)[C@@](C)(O/C=C/C[C@H]1C)O4. The van der Waals surface area contributed by atoms with Crippen molar-refractivity contribution in [2.24, 2.45) is 17.8 Å². The van der Waals surface area contributed by atoms with Gasteiger partial charge in [0, 0.05) is 55.1 Å². The van der Waals surface area contributed by atoms with Gasteiger partial charge in [-0.05, 0) is 96.8 Å². The number of hydrogen-bond acceptors (Lipinski definition) is 13. The molecule has 0 saturated carbocycles. The number of rotatable bonds is 7. The fourth-order valence-electron chi connectivity index (χ4n) is 8.72. The number of phenols is 1. The average Bonchev–Trinajstić information content (AvgIpc) is 3.47. The van der Waals surface area contributed by atoms with Gasteiger partial charge in [-0.1, -0.05) is 39.0 Å². The van der Waals surface area contributed by atoms with Crippen molar-refractivity contribution < 1.29 is 48.0 Å². The Kier molecular flexibility index (Phi) is 14.1. The molecule has 1 aromatic heterocycles. The number of fused-ring (bicyclic) bond motifs is 14. The van der Waals surface area contributed by atoms with Crippen molar-refractivity contribution in [2.75, 3.05) is 18.5 Å². The van der Waals surface area contributed by atoms with Gasteiger partial charge in [0.25, 0.3) is 11.7 Å². The van der Waals surface area contributed by atoms with Gasteiger partial charge in [0.05, 0.1) is 23.3 Å². The minimum absolute atomic E-state index is 0.0247. The molecule has 14 nitrogen and oxygen atoms in total. The van der Waals surface area contributed by atoms with Crippen LogP contribution in [0, 0.1) is 24.7 Å². The van der Waals surface area contributed by atoms with E-state index in [1.807, 2.05) is 26.8 Å². The number of carbonyl (C=O) groups is 3. The lowest BCUT2D eigenvalue weighted by Gasteiger charge is -2.30. The van der Waals surface area contributed by atoms with E-state index in [-0.39, 0.29) is 73.3 Å². The highest BCUT2D eigenvalue weighted by molar-refractivity contribution is 6.26. The number of Topliss-reactive ketones (excluding diaryl/α,β-unsaturated/α-hetero) is 1. The van der Waals surface area contributed by atoms with Crippen molar-refractivity contribution in [2.45, 2.75) is 126 Å². The van der Waals surface area contributed by atoms with Crippen LogP contribution in [0.15, 0.2) is 63.6 Å². The van der Waals surface area contributed by atoms with Crippen LogP contribution < -0.4 is 20.2 Å². The summed E-state index contributed by atoms with van der Waals surface area (Å²) in [6, 6.07) is 5.76. The summed E-state index contributed by atoms with van der Waals surface area (Å²) in [4.78, 5) is 62.2. The maximum Gasteiger partial charge on any atom is 0.312 e. The molecule has 0 fully saturated rings. The number of hydrogen-bond donors (Lipinski definition) is 3. The van der Waals surface area contributed by atoms with Gasteiger partial charge >= 0.3 is 11.8 Å². The number of phenolic OH excluding ortho intramolecular Hbond substituents is 1. The fourth-order valence-corrected chi connectivity index (χ4v) is 8.72. The molecule has 3 unspecified atom stereocenters. The number of allylic oxidation sites excluding steroid dienone is 4. The number of ketones is 1. The van der Waals surface area contributed by atoms with Crippen LogP contribution in [0.25, 0.3) is 33.0 Å². The molecule has 3 N–H and O–H groups in total. The van der Waals surface area contributed by atoms with Crippen LogP contribution in [0.4, 0.5) is 5.69 Å². The van der Waals surface area contributed by atoms with Gasteiger partial charge in [-0.3, -0.25) is 24.1 Å². The number of aliphatic hydroxyl groups excluding tert-OH is 1. The standard InChI is InChI=1S/C49H61N3O11/c1-25(2)52(26(3)4)19-21-59-33-17-18-34-36(24-33)62-46-40(50-34)37-38-42(55)31(9)45-39(37)47(57)49(11,63-45)60-20-13-16-29(7)44(61-32(10)53)35(54)23-28(6)22-27(5)14-12-15-30(8)48(58)51-41(46)43(38)56/h12-15,17-18,20,24-29,35,44,54,56H,16,19,21-23H2,1-11H3,(H,51,58)/b14-12+,20-13+,30-15-/t27?,28-,29-,35?,44?,49+/m1/s1. The molecule has 3 aliphatic heterocycles. The van der Waals surface area contributed by atoms with Gasteiger partial charge in [0.15, 0.2) is 22.3 Å².